The number of benzene rings is 2. The predicted molar refractivity (Wildman–Crippen MR) is 159 cm³/mol. The van der Waals surface area contributed by atoms with Crippen molar-refractivity contribution in [2.75, 3.05) is 13.2 Å². The molecule has 1 saturated heterocycles. The zero-order chi connectivity index (χ0) is 31.6. The summed E-state index contributed by atoms with van der Waals surface area (Å²) in [6.07, 6.45) is -3.67. The minimum atomic E-state index is -1.45. The largest absolute Gasteiger partial charge is 0.458 e. The van der Waals surface area contributed by atoms with Gasteiger partial charge >= 0.3 is 18.2 Å². The van der Waals surface area contributed by atoms with Gasteiger partial charge in [0, 0.05) is 6.61 Å². The number of cyclic esters (lactones) is 1. The van der Waals surface area contributed by atoms with Crippen molar-refractivity contribution in [1.82, 2.24) is 4.90 Å². The van der Waals surface area contributed by atoms with Crippen LogP contribution in [0.5, 0.6) is 0 Å². The summed E-state index contributed by atoms with van der Waals surface area (Å²) < 4.78 is 35.3. The monoisotopic (exact) mass is 599 g/mol. The number of nitrogens with zero attached hydrogens (tertiary/aromatic N) is 1. The Hall–Kier alpha value is -3.47. The van der Waals surface area contributed by atoms with E-state index >= 15 is 0 Å². The second-order valence-electron chi connectivity index (χ2n) is 12.4. The van der Waals surface area contributed by atoms with Gasteiger partial charge in [-0.3, -0.25) is 0 Å². The maximum absolute atomic E-state index is 13.7. The highest BCUT2D eigenvalue weighted by atomic mass is 16.6. The van der Waals surface area contributed by atoms with Crippen LogP contribution in [-0.2, 0) is 46.4 Å². The van der Waals surface area contributed by atoms with Crippen molar-refractivity contribution in [3.05, 3.63) is 71.8 Å². The lowest BCUT2D eigenvalue weighted by atomic mass is 10.0. The van der Waals surface area contributed by atoms with Crippen LogP contribution in [-0.4, -0.2) is 71.8 Å². The van der Waals surface area contributed by atoms with Gasteiger partial charge in [0.2, 0.25) is 0 Å². The molecule has 1 aliphatic rings. The molecule has 0 saturated carbocycles. The number of amides is 2. The normalized spacial score (nSPS) is 21.8. The molecule has 2 amide bonds. The van der Waals surface area contributed by atoms with Gasteiger partial charge in [0.1, 0.15) is 23.4 Å². The highest BCUT2D eigenvalue weighted by Gasteiger charge is 2.43. The second kappa shape index (κ2) is 15.3. The van der Waals surface area contributed by atoms with Crippen LogP contribution in [0.25, 0.3) is 0 Å². The molecule has 1 heterocycles. The van der Waals surface area contributed by atoms with Crippen molar-refractivity contribution in [3.63, 3.8) is 0 Å². The molecule has 3 rings (SSSR count). The number of ether oxygens (including phenoxy) is 6. The van der Waals surface area contributed by atoms with Gasteiger partial charge in [-0.05, 0) is 66.0 Å². The van der Waals surface area contributed by atoms with Crippen LogP contribution < -0.4 is 0 Å². The van der Waals surface area contributed by atoms with Crippen molar-refractivity contribution < 1.29 is 42.8 Å². The van der Waals surface area contributed by atoms with Crippen molar-refractivity contribution in [2.24, 2.45) is 0 Å². The molecule has 2 aromatic rings. The first-order valence-corrected chi connectivity index (χ1v) is 14.6. The van der Waals surface area contributed by atoms with Gasteiger partial charge in [0.25, 0.3) is 0 Å². The molecule has 1 fully saturated rings. The van der Waals surface area contributed by atoms with Crippen LogP contribution in [0, 0.1) is 0 Å². The summed E-state index contributed by atoms with van der Waals surface area (Å²) in [5, 5.41) is 0. The highest BCUT2D eigenvalue weighted by Crippen LogP contribution is 2.24. The highest BCUT2D eigenvalue weighted by molar-refractivity contribution is 5.94. The maximum atomic E-state index is 13.7. The Kier molecular flexibility index (Phi) is 12.1. The van der Waals surface area contributed by atoms with Gasteiger partial charge in [-0.1, -0.05) is 60.7 Å². The number of carbonyl (C=O) groups is 3. The summed E-state index contributed by atoms with van der Waals surface area (Å²) in [7, 11) is 0. The molecule has 4 atom stereocenters. The van der Waals surface area contributed by atoms with E-state index in [4.69, 9.17) is 28.4 Å². The first kappa shape index (κ1) is 34.0. The van der Waals surface area contributed by atoms with E-state index in [1.54, 1.807) is 48.5 Å². The maximum Gasteiger partial charge on any atom is 0.420 e. The van der Waals surface area contributed by atoms with Crippen LogP contribution in [0.3, 0.4) is 0 Å². The molecule has 1 aliphatic heterocycles. The summed E-state index contributed by atoms with van der Waals surface area (Å²) in [4.78, 5) is 40.8. The second-order valence-corrected chi connectivity index (χ2v) is 12.4. The lowest BCUT2D eigenvalue weighted by Gasteiger charge is -2.36. The Balaban J connectivity index is 1.88. The molecule has 43 heavy (non-hydrogen) atoms. The van der Waals surface area contributed by atoms with Crippen LogP contribution in [0.2, 0.25) is 0 Å². The summed E-state index contributed by atoms with van der Waals surface area (Å²) in [5.74, 6) is -0.860. The summed E-state index contributed by atoms with van der Waals surface area (Å²) in [5.41, 5.74) is 0.0448. The average Bonchev–Trinajstić information content (AvgIpc) is 2.91. The average molecular weight is 600 g/mol. The fourth-order valence-corrected chi connectivity index (χ4v) is 4.35. The van der Waals surface area contributed by atoms with Crippen molar-refractivity contribution in [3.8, 4) is 0 Å². The van der Waals surface area contributed by atoms with Gasteiger partial charge in [-0.2, -0.15) is 4.90 Å². The quantitative estimate of drug-likeness (QED) is 0.277. The Morgan fingerprint density at radius 2 is 1.30 bits per heavy atom. The topological polar surface area (TPSA) is 110 Å². The van der Waals surface area contributed by atoms with E-state index in [0.717, 1.165) is 11.1 Å². The SMILES string of the molecule is C[C@@H]1OC(=O)[C@@H](N(C(=O)OC(C)(C)C)C(=O)OC(C)(C)C)COCC[C@H](OCc2ccccc2)[C@H]1OCc1ccccc1. The predicted octanol–water partition coefficient (Wildman–Crippen LogP) is 6.05. The van der Waals surface area contributed by atoms with E-state index in [1.807, 2.05) is 60.7 Å². The third kappa shape index (κ3) is 11.3. The molecule has 0 aromatic heterocycles. The lowest BCUT2D eigenvalue weighted by molar-refractivity contribution is -0.182. The minimum Gasteiger partial charge on any atom is -0.458 e. The molecule has 0 radical (unpaired) electrons. The zero-order valence-corrected chi connectivity index (χ0v) is 26.2. The fraction of sp³-hybridized carbons (Fsp3) is 0.545. The third-order valence-electron chi connectivity index (χ3n) is 6.31. The lowest BCUT2D eigenvalue weighted by Crippen LogP contribution is -2.56. The molecule has 0 bridgehead atoms. The molecule has 236 valence electrons. The standard InChI is InChI=1S/C33H45NO9/c1-23-28(40-21-25-16-12-9-13-17-25)27(39-20-24-14-10-8-11-15-24)18-19-38-22-26(29(35)41-23)34(30(36)42-32(2,3)4)31(37)43-33(5,6)7/h8-17,23,26-28H,18-22H2,1-7H3/t23-,26-,27-,28-/m0/s1. The summed E-state index contributed by atoms with van der Waals surface area (Å²) in [6.45, 7) is 12.1. The molecule has 10 heteroatoms. The van der Waals surface area contributed by atoms with Gasteiger partial charge in [-0.25, -0.2) is 14.4 Å². The van der Waals surface area contributed by atoms with Crippen LogP contribution >= 0.6 is 0 Å². The fourth-order valence-electron chi connectivity index (χ4n) is 4.35. The molecule has 0 spiro atoms. The molecule has 2 aromatic carbocycles. The number of carbonyl (C=O) groups excluding carboxylic acids is 3. The first-order valence-electron chi connectivity index (χ1n) is 14.6. The molecular weight excluding hydrogens is 554 g/mol. The zero-order valence-electron chi connectivity index (χ0n) is 26.2. The van der Waals surface area contributed by atoms with Crippen molar-refractivity contribution >= 4 is 18.2 Å². The van der Waals surface area contributed by atoms with Gasteiger partial charge < -0.3 is 28.4 Å². The van der Waals surface area contributed by atoms with Crippen molar-refractivity contribution in [2.45, 2.75) is 104 Å². The van der Waals surface area contributed by atoms with E-state index in [9.17, 15) is 14.4 Å². The number of imide groups is 1. The molecule has 10 nitrogen and oxygen atoms in total. The molecule has 0 aliphatic carbocycles. The Labute approximate surface area is 254 Å². The van der Waals surface area contributed by atoms with E-state index in [2.05, 4.69) is 0 Å². The van der Waals surface area contributed by atoms with E-state index < -0.39 is 53.7 Å². The van der Waals surface area contributed by atoms with E-state index in [0.29, 0.717) is 17.9 Å². The van der Waals surface area contributed by atoms with Crippen LogP contribution in [0.4, 0.5) is 9.59 Å². The smallest absolute Gasteiger partial charge is 0.420 e. The van der Waals surface area contributed by atoms with Gasteiger partial charge in [-0.15, -0.1) is 0 Å². The Morgan fingerprint density at radius 1 is 0.814 bits per heavy atom. The number of hydrogen-bond donors (Lipinski definition) is 0. The van der Waals surface area contributed by atoms with Gasteiger partial charge in [0.05, 0.1) is 25.9 Å². The van der Waals surface area contributed by atoms with E-state index in [1.165, 1.54) is 0 Å². The van der Waals surface area contributed by atoms with Crippen molar-refractivity contribution in [1.29, 1.82) is 0 Å². The molecule has 0 unspecified atom stereocenters. The van der Waals surface area contributed by atoms with E-state index in [-0.39, 0.29) is 19.8 Å². The minimum absolute atomic E-state index is 0.164. The first-order chi connectivity index (χ1) is 20.2. The Morgan fingerprint density at radius 3 is 1.79 bits per heavy atom. The molecule has 0 N–H and O–H groups in total. The number of rotatable bonds is 7. The van der Waals surface area contributed by atoms with Crippen LogP contribution in [0.1, 0.15) is 66.0 Å². The summed E-state index contributed by atoms with van der Waals surface area (Å²) >= 11 is 0. The summed E-state index contributed by atoms with van der Waals surface area (Å²) in [6, 6.07) is 17.9. The Bertz CT molecular complexity index is 1150. The third-order valence-corrected chi connectivity index (χ3v) is 6.31. The number of hydrogen-bond acceptors (Lipinski definition) is 9. The van der Waals surface area contributed by atoms with Gasteiger partial charge in [0.15, 0.2) is 6.04 Å². The number of esters is 1. The molecular formula is C33H45NO9. The van der Waals surface area contributed by atoms with Crippen LogP contribution in [0.15, 0.2) is 60.7 Å².